The summed E-state index contributed by atoms with van der Waals surface area (Å²) in [6.07, 6.45) is 18.1. The van der Waals surface area contributed by atoms with E-state index in [2.05, 4.69) is 32.4 Å². The maximum absolute atomic E-state index is 13.8. The average Bonchev–Trinajstić information content (AvgIpc) is 3.03. The Labute approximate surface area is 293 Å². The number of rotatable bonds is 34. The van der Waals surface area contributed by atoms with Gasteiger partial charge in [0.25, 0.3) is 0 Å². The zero-order valence-corrected chi connectivity index (χ0v) is 31.8. The number of hydrogen-bond donors (Lipinski definition) is 3. The Morgan fingerprint density at radius 2 is 0.604 bits per heavy atom. The molecule has 0 aliphatic rings. The molecular weight excluding hydrogens is 673 g/mol. The predicted octanol–water partition coefficient (Wildman–Crippen LogP) is 6.74. The first kappa shape index (κ1) is 46.2. The molecule has 0 unspecified atom stereocenters. The van der Waals surface area contributed by atoms with Gasteiger partial charge in [-0.15, -0.1) is 0 Å². The first-order valence-corrected chi connectivity index (χ1v) is 22.5. The largest absolute Gasteiger partial charge is 0.312 e. The van der Waals surface area contributed by atoms with Gasteiger partial charge in [-0.25, -0.2) is 39.4 Å². The summed E-state index contributed by atoms with van der Waals surface area (Å²) >= 11 is 0. The summed E-state index contributed by atoms with van der Waals surface area (Å²) in [7, 11) is -14.7. The van der Waals surface area contributed by atoms with Gasteiger partial charge in [0, 0.05) is 38.9 Å². The minimum absolute atomic E-state index is 0.0771. The summed E-state index contributed by atoms with van der Waals surface area (Å²) in [4.78, 5) is 0. The Morgan fingerprint density at radius 3 is 0.812 bits per heavy atom. The fourth-order valence-corrected chi connectivity index (χ4v) is 13.2. The second kappa shape index (κ2) is 28.0. The molecule has 3 N–H and O–H groups in total. The van der Waals surface area contributed by atoms with E-state index in [9.17, 15) is 25.3 Å². The van der Waals surface area contributed by atoms with E-state index in [0.717, 1.165) is 96.3 Å². The molecule has 0 saturated heterocycles. The zero-order valence-electron chi connectivity index (χ0n) is 29.3. The molecule has 15 heteroatoms. The van der Waals surface area contributed by atoms with Gasteiger partial charge in [-0.1, -0.05) is 103 Å². The topological polar surface area (TPSA) is 210 Å². The molecule has 0 radical (unpaired) electrons. The van der Waals surface area contributed by atoms with Gasteiger partial charge in [-0.05, 0) is 44.9 Å². The molecule has 0 fully saturated rings. The lowest BCUT2D eigenvalue weighted by molar-refractivity contribution is 0.518. The number of sulfonamides is 3. The lowest BCUT2D eigenvalue weighted by Crippen LogP contribution is -2.63. The number of hydrogen-bond acceptors (Lipinski definition) is 9. The van der Waals surface area contributed by atoms with Gasteiger partial charge in [-0.3, -0.25) is 0 Å². The van der Waals surface area contributed by atoms with Gasteiger partial charge in [0.1, 0.15) is 0 Å². The van der Waals surface area contributed by atoms with Gasteiger partial charge in [0.05, 0.1) is 18.2 Å². The van der Waals surface area contributed by atoms with Crippen LogP contribution in [0, 0.1) is 34.0 Å². The van der Waals surface area contributed by atoms with Crippen molar-refractivity contribution in [3.05, 3.63) is 0 Å². The van der Waals surface area contributed by atoms with E-state index in [-0.39, 0.29) is 19.6 Å². The van der Waals surface area contributed by atoms with Crippen LogP contribution in [0.25, 0.3) is 0 Å². The summed E-state index contributed by atoms with van der Waals surface area (Å²) in [5.41, 5.74) is 0. The van der Waals surface area contributed by atoms with Crippen LogP contribution in [0.2, 0.25) is 0 Å². The van der Waals surface area contributed by atoms with Crippen LogP contribution in [0.1, 0.15) is 167 Å². The molecule has 48 heavy (non-hydrogen) atoms. The van der Waals surface area contributed by atoms with Crippen LogP contribution in [0.15, 0.2) is 0 Å². The Kier molecular flexibility index (Phi) is 26.9. The highest BCUT2D eigenvalue weighted by Gasteiger charge is 2.64. The molecule has 0 aliphatic heterocycles. The maximum atomic E-state index is 13.8. The van der Waals surface area contributed by atoms with Gasteiger partial charge in [0.15, 0.2) is 0 Å². The summed E-state index contributed by atoms with van der Waals surface area (Å²) in [6, 6.07) is 6.36. The minimum atomic E-state index is -4.91. The lowest BCUT2D eigenvalue weighted by atomic mass is 10.1. The molecule has 0 bridgehead atoms. The van der Waals surface area contributed by atoms with Crippen LogP contribution in [0.5, 0.6) is 0 Å². The maximum Gasteiger partial charge on any atom is 0.312 e. The molecule has 0 atom stereocenters. The van der Waals surface area contributed by atoms with Gasteiger partial charge < -0.3 is 0 Å². The third-order valence-electron chi connectivity index (χ3n) is 8.43. The molecule has 0 spiro atoms. The third kappa shape index (κ3) is 18.3. The molecule has 12 nitrogen and oxygen atoms in total. The molecular formula is C33H62N6O6S3. The third-order valence-corrected chi connectivity index (χ3v) is 17.5. The van der Waals surface area contributed by atoms with Crippen molar-refractivity contribution >= 4 is 30.1 Å². The smallest absolute Gasteiger partial charge is 0.213 e. The summed E-state index contributed by atoms with van der Waals surface area (Å²) < 4.78 is 86.4. The van der Waals surface area contributed by atoms with Crippen LogP contribution in [-0.4, -0.2) is 48.3 Å². The van der Waals surface area contributed by atoms with Crippen LogP contribution < -0.4 is 14.2 Å². The van der Waals surface area contributed by atoms with E-state index >= 15 is 0 Å². The van der Waals surface area contributed by atoms with Crippen molar-refractivity contribution in [2.45, 2.75) is 171 Å². The molecule has 0 aliphatic carbocycles. The van der Waals surface area contributed by atoms with E-state index in [1.54, 1.807) is 0 Å². The normalized spacial score (nSPS) is 12.4. The van der Waals surface area contributed by atoms with E-state index in [4.69, 9.17) is 15.8 Å². The van der Waals surface area contributed by atoms with E-state index in [0.29, 0.717) is 57.8 Å². The fraction of sp³-hybridized carbons (Fsp3) is 0.909. The van der Waals surface area contributed by atoms with Crippen LogP contribution in [-0.2, 0) is 30.1 Å². The summed E-state index contributed by atoms with van der Waals surface area (Å²) in [5, 5.41) is 25.9. The summed E-state index contributed by atoms with van der Waals surface area (Å²) in [5.74, 6) is 0. The lowest BCUT2D eigenvalue weighted by Gasteiger charge is -2.31. The van der Waals surface area contributed by atoms with E-state index in [1.807, 2.05) is 0 Å². The average molecular weight is 735 g/mol. The molecule has 0 aromatic carbocycles. The second-order valence-electron chi connectivity index (χ2n) is 12.4. The SMILES string of the molecule is CCC(S(=O)(=O)NCCCCCCCCCC#N)(S(=O)(=O)NCCCCCCCCCC#N)S(=O)(=O)NCCCCCCCCCC#N. The first-order valence-electron chi connectivity index (χ1n) is 18.1. The van der Waals surface area contributed by atoms with E-state index in [1.165, 1.54) is 6.92 Å². The van der Waals surface area contributed by atoms with Crippen LogP contribution >= 0.6 is 0 Å². The Morgan fingerprint density at radius 1 is 0.396 bits per heavy atom. The van der Waals surface area contributed by atoms with Crippen molar-refractivity contribution in [1.29, 1.82) is 15.8 Å². The highest BCUT2D eigenvalue weighted by molar-refractivity contribution is 8.24. The predicted molar refractivity (Wildman–Crippen MR) is 191 cm³/mol. The molecule has 0 aromatic heterocycles. The quantitative estimate of drug-likeness (QED) is 0.0597. The first-order chi connectivity index (χ1) is 23.0. The van der Waals surface area contributed by atoms with Gasteiger partial charge >= 0.3 is 3.41 Å². The Bertz CT molecular complexity index is 1130. The van der Waals surface area contributed by atoms with Crippen molar-refractivity contribution in [3.63, 3.8) is 0 Å². The number of unbranched alkanes of at least 4 members (excludes halogenated alkanes) is 21. The second-order valence-corrected chi connectivity index (χ2v) is 19.1. The summed E-state index contributed by atoms with van der Waals surface area (Å²) in [6.45, 7) is 1.04. The van der Waals surface area contributed by atoms with Crippen molar-refractivity contribution in [1.82, 2.24) is 14.2 Å². The van der Waals surface area contributed by atoms with Crippen molar-refractivity contribution in [2.24, 2.45) is 0 Å². The monoisotopic (exact) mass is 734 g/mol. The standard InChI is InChI=1S/C33H62N6O6S3/c1-2-33(46(40,41)37-30-24-18-12-6-3-9-15-21-27-34,47(42,43)38-31-25-19-13-7-4-10-16-22-28-35)48(44,45)39-32-26-20-14-8-5-11-17-23-29-36/h37-39H,2-26,30-32H2,1H3. The van der Waals surface area contributed by atoms with Gasteiger partial charge in [0.2, 0.25) is 30.1 Å². The van der Waals surface area contributed by atoms with Crippen molar-refractivity contribution in [2.75, 3.05) is 19.6 Å². The van der Waals surface area contributed by atoms with E-state index < -0.39 is 39.9 Å². The Hall–Kier alpha value is -1.80. The van der Waals surface area contributed by atoms with Gasteiger partial charge in [-0.2, -0.15) is 15.8 Å². The molecule has 278 valence electrons. The fourth-order valence-electron chi connectivity index (χ4n) is 5.59. The molecule has 0 amide bonds. The highest BCUT2D eigenvalue weighted by atomic mass is 32.3. The van der Waals surface area contributed by atoms with Crippen LogP contribution in [0.3, 0.4) is 0 Å². The number of nitriles is 3. The van der Waals surface area contributed by atoms with Crippen LogP contribution in [0.4, 0.5) is 0 Å². The van der Waals surface area contributed by atoms with Crippen molar-refractivity contribution < 1.29 is 25.3 Å². The molecule has 0 saturated carbocycles. The number of nitrogens with one attached hydrogen (secondary N) is 3. The minimum Gasteiger partial charge on any atom is -0.213 e. The van der Waals surface area contributed by atoms with Crippen molar-refractivity contribution in [3.8, 4) is 18.2 Å². The molecule has 0 rings (SSSR count). The number of nitrogens with zero attached hydrogens (tertiary/aromatic N) is 3. The molecule has 0 heterocycles. The zero-order chi connectivity index (χ0) is 36.0. The highest BCUT2D eigenvalue weighted by Crippen LogP contribution is 2.33. The molecule has 0 aromatic rings. The Balaban J connectivity index is 5.38.